The zero-order valence-electron chi connectivity index (χ0n) is 12.4. The number of halogens is 1. The molecule has 0 aromatic carbocycles. The Morgan fingerprint density at radius 1 is 1.33 bits per heavy atom. The van der Waals surface area contributed by atoms with Crippen LogP contribution in [0.5, 0.6) is 0 Å². The summed E-state index contributed by atoms with van der Waals surface area (Å²) in [5.41, 5.74) is 7.55. The summed E-state index contributed by atoms with van der Waals surface area (Å²) in [6.07, 6.45) is 2.61. The molecule has 3 nitrogen and oxygen atoms in total. The lowest BCUT2D eigenvalue weighted by Gasteiger charge is -2.30. The minimum atomic E-state index is -0.0587. The number of nitrogens with zero attached hydrogens (tertiary/aromatic N) is 2. The molecule has 2 atom stereocenters. The Morgan fingerprint density at radius 2 is 1.89 bits per heavy atom. The zero-order chi connectivity index (χ0) is 14.1. The molecule has 0 amide bonds. The topological polar surface area (TPSA) is 43.8 Å². The molecule has 0 saturated heterocycles. The van der Waals surface area contributed by atoms with Crippen LogP contribution in [0.1, 0.15) is 65.7 Å². The fourth-order valence-corrected chi connectivity index (χ4v) is 2.23. The summed E-state index contributed by atoms with van der Waals surface area (Å²) in [7, 11) is 0. The van der Waals surface area contributed by atoms with Crippen molar-refractivity contribution in [3.63, 3.8) is 0 Å². The number of hydrogen-bond acceptors (Lipinski definition) is 2. The Balaban J connectivity index is 2.91. The molecule has 0 bridgehead atoms. The molecule has 0 aliphatic carbocycles. The van der Waals surface area contributed by atoms with Crippen LogP contribution in [-0.4, -0.2) is 9.78 Å². The standard InChI is InChI=1S/C14H26ClN3/c1-9(2)18-13(11(15)8-17-18)12(16)7-10(3)14(4,5)6/h8-10,12H,7,16H2,1-6H3. The molecular formula is C14H26ClN3. The van der Waals surface area contributed by atoms with Gasteiger partial charge >= 0.3 is 0 Å². The highest BCUT2D eigenvalue weighted by atomic mass is 35.5. The number of hydrogen-bond donors (Lipinski definition) is 1. The summed E-state index contributed by atoms with van der Waals surface area (Å²) in [5.74, 6) is 0.527. The van der Waals surface area contributed by atoms with E-state index in [0.717, 1.165) is 12.1 Å². The summed E-state index contributed by atoms with van der Waals surface area (Å²) >= 11 is 6.22. The van der Waals surface area contributed by atoms with Gasteiger partial charge in [-0.3, -0.25) is 4.68 Å². The smallest absolute Gasteiger partial charge is 0.0834 e. The van der Waals surface area contributed by atoms with Crippen LogP contribution < -0.4 is 5.73 Å². The van der Waals surface area contributed by atoms with Crippen LogP contribution in [0, 0.1) is 11.3 Å². The van der Waals surface area contributed by atoms with Crippen molar-refractivity contribution < 1.29 is 0 Å². The summed E-state index contributed by atoms with van der Waals surface area (Å²) in [5, 5.41) is 4.99. The van der Waals surface area contributed by atoms with E-state index in [4.69, 9.17) is 17.3 Å². The molecule has 1 aromatic rings. The quantitative estimate of drug-likeness (QED) is 0.892. The van der Waals surface area contributed by atoms with Gasteiger partial charge in [0.1, 0.15) is 0 Å². The van der Waals surface area contributed by atoms with Gasteiger partial charge in [0.2, 0.25) is 0 Å². The van der Waals surface area contributed by atoms with E-state index in [1.54, 1.807) is 6.20 Å². The van der Waals surface area contributed by atoms with Gasteiger partial charge in [0.05, 0.1) is 16.9 Å². The molecule has 4 heteroatoms. The van der Waals surface area contributed by atoms with E-state index in [2.05, 4.69) is 46.6 Å². The Kier molecular flexibility index (Phi) is 4.84. The van der Waals surface area contributed by atoms with Crippen LogP contribution in [-0.2, 0) is 0 Å². The lowest BCUT2D eigenvalue weighted by molar-refractivity contribution is 0.230. The molecule has 1 heterocycles. The van der Waals surface area contributed by atoms with Gasteiger partial charge in [0, 0.05) is 12.1 Å². The SMILES string of the molecule is CC(C)n1ncc(Cl)c1C(N)CC(C)C(C)(C)C. The molecule has 2 N–H and O–H groups in total. The first-order valence-electron chi connectivity index (χ1n) is 6.63. The van der Waals surface area contributed by atoms with E-state index < -0.39 is 0 Å². The highest BCUT2D eigenvalue weighted by Crippen LogP contribution is 2.34. The molecule has 0 aliphatic rings. The monoisotopic (exact) mass is 271 g/mol. The molecule has 0 radical (unpaired) electrons. The Hall–Kier alpha value is -0.540. The van der Waals surface area contributed by atoms with Crippen LogP contribution in [0.2, 0.25) is 5.02 Å². The average molecular weight is 272 g/mol. The Morgan fingerprint density at radius 3 is 2.33 bits per heavy atom. The second kappa shape index (κ2) is 5.62. The molecule has 1 aromatic heterocycles. The molecule has 0 fully saturated rings. The summed E-state index contributed by atoms with van der Waals surface area (Å²) in [4.78, 5) is 0. The normalized spacial score (nSPS) is 16.1. The lowest BCUT2D eigenvalue weighted by Crippen LogP contribution is -2.25. The van der Waals surface area contributed by atoms with Gasteiger partial charge in [0.15, 0.2) is 0 Å². The molecule has 0 spiro atoms. The van der Waals surface area contributed by atoms with Crippen molar-refractivity contribution in [1.29, 1.82) is 0 Å². The molecule has 18 heavy (non-hydrogen) atoms. The second-order valence-corrected chi connectivity index (χ2v) is 6.93. The predicted octanol–water partition coefficient (Wildman–Crippen LogP) is 4.19. The molecule has 2 unspecified atom stereocenters. The number of rotatable bonds is 4. The van der Waals surface area contributed by atoms with Gasteiger partial charge in [-0.1, -0.05) is 39.3 Å². The van der Waals surface area contributed by atoms with E-state index in [-0.39, 0.29) is 17.5 Å². The van der Waals surface area contributed by atoms with E-state index in [1.807, 2.05) is 4.68 Å². The van der Waals surface area contributed by atoms with Crippen LogP contribution in [0.3, 0.4) is 0 Å². The average Bonchev–Trinajstić information content (AvgIpc) is 2.58. The van der Waals surface area contributed by atoms with Crippen LogP contribution in [0.4, 0.5) is 0 Å². The van der Waals surface area contributed by atoms with Crippen molar-refractivity contribution in [3.8, 4) is 0 Å². The highest BCUT2D eigenvalue weighted by Gasteiger charge is 2.26. The van der Waals surface area contributed by atoms with Gasteiger partial charge in [-0.2, -0.15) is 5.10 Å². The Bertz CT molecular complexity index is 390. The van der Waals surface area contributed by atoms with Crippen LogP contribution in [0.25, 0.3) is 0 Å². The van der Waals surface area contributed by atoms with Crippen LogP contribution >= 0.6 is 11.6 Å². The maximum absolute atomic E-state index is 6.33. The van der Waals surface area contributed by atoms with E-state index in [0.29, 0.717) is 10.9 Å². The molecule has 1 rings (SSSR count). The lowest BCUT2D eigenvalue weighted by atomic mass is 9.78. The predicted molar refractivity (Wildman–Crippen MR) is 77.8 cm³/mol. The summed E-state index contributed by atoms with van der Waals surface area (Å²) < 4.78 is 1.93. The van der Waals surface area contributed by atoms with Gasteiger partial charge < -0.3 is 5.73 Å². The zero-order valence-corrected chi connectivity index (χ0v) is 13.1. The molecule has 104 valence electrons. The van der Waals surface area contributed by atoms with Gasteiger partial charge in [0.25, 0.3) is 0 Å². The molecule has 0 aliphatic heterocycles. The molecular weight excluding hydrogens is 246 g/mol. The highest BCUT2D eigenvalue weighted by molar-refractivity contribution is 6.31. The first kappa shape index (κ1) is 15.5. The third-order valence-electron chi connectivity index (χ3n) is 3.71. The van der Waals surface area contributed by atoms with Gasteiger partial charge in [-0.25, -0.2) is 0 Å². The van der Waals surface area contributed by atoms with Crippen molar-refractivity contribution in [3.05, 3.63) is 16.9 Å². The van der Waals surface area contributed by atoms with E-state index >= 15 is 0 Å². The summed E-state index contributed by atoms with van der Waals surface area (Å²) in [6.45, 7) is 13.1. The Labute approximate surface area is 116 Å². The number of aromatic nitrogens is 2. The van der Waals surface area contributed by atoms with E-state index in [9.17, 15) is 0 Å². The first-order chi connectivity index (χ1) is 8.14. The second-order valence-electron chi connectivity index (χ2n) is 6.53. The maximum Gasteiger partial charge on any atom is 0.0834 e. The van der Waals surface area contributed by atoms with Gasteiger partial charge in [-0.15, -0.1) is 0 Å². The number of nitrogens with two attached hydrogens (primary N) is 1. The minimum absolute atomic E-state index is 0.0587. The largest absolute Gasteiger partial charge is 0.323 e. The van der Waals surface area contributed by atoms with Crippen LogP contribution in [0.15, 0.2) is 6.20 Å². The van der Waals surface area contributed by atoms with Crippen molar-refractivity contribution in [2.24, 2.45) is 17.1 Å². The van der Waals surface area contributed by atoms with Gasteiger partial charge in [-0.05, 0) is 31.6 Å². The third-order valence-corrected chi connectivity index (χ3v) is 4.00. The van der Waals surface area contributed by atoms with E-state index in [1.165, 1.54) is 0 Å². The fourth-order valence-electron chi connectivity index (χ4n) is 1.96. The fraction of sp³-hybridized carbons (Fsp3) is 0.786. The molecule has 0 saturated carbocycles. The van der Waals surface area contributed by atoms with Crippen molar-refractivity contribution in [2.75, 3.05) is 0 Å². The van der Waals surface area contributed by atoms with Crippen molar-refractivity contribution >= 4 is 11.6 Å². The van der Waals surface area contributed by atoms with Crippen molar-refractivity contribution in [2.45, 2.75) is 60.0 Å². The minimum Gasteiger partial charge on any atom is -0.323 e. The van der Waals surface area contributed by atoms with Crippen molar-refractivity contribution in [1.82, 2.24) is 9.78 Å². The maximum atomic E-state index is 6.33. The first-order valence-corrected chi connectivity index (χ1v) is 7.00. The summed E-state index contributed by atoms with van der Waals surface area (Å²) in [6, 6.07) is 0.222. The third kappa shape index (κ3) is 3.48.